The summed E-state index contributed by atoms with van der Waals surface area (Å²) in [5, 5.41) is 10.5. The first-order valence-corrected chi connectivity index (χ1v) is 2.01. The molecule has 0 aliphatic rings. The lowest BCUT2D eigenvalue weighted by atomic mass is 11.4. The van der Waals surface area contributed by atoms with Crippen molar-refractivity contribution in [2.45, 2.75) is 0 Å². The first kappa shape index (κ1) is 7.73. The van der Waals surface area contributed by atoms with E-state index in [1.165, 1.54) is 0 Å². The third-order valence-corrected chi connectivity index (χ3v) is 0.438. The molecule has 0 unspecified atom stereocenters. The van der Waals surface area contributed by atoms with E-state index in [1.807, 2.05) is 0 Å². The van der Waals surface area contributed by atoms with Gasteiger partial charge in [-0.05, 0) is 0 Å². The lowest BCUT2D eigenvalue weighted by Gasteiger charge is -1.96. The summed E-state index contributed by atoms with van der Waals surface area (Å²) >= 11 is 3.26. The SMILES string of the molecule is [N-]=[N+]=NN(S)OC(=O)O. The van der Waals surface area contributed by atoms with Crippen molar-refractivity contribution in [2.75, 3.05) is 0 Å². The predicted molar refractivity (Wildman–Crippen MR) is 29.1 cm³/mol. The molecule has 0 aromatic carbocycles. The van der Waals surface area contributed by atoms with Crippen LogP contribution in [0.4, 0.5) is 4.79 Å². The maximum absolute atomic E-state index is 9.59. The molecule has 0 saturated carbocycles. The van der Waals surface area contributed by atoms with Crippen molar-refractivity contribution in [3.8, 4) is 0 Å². The van der Waals surface area contributed by atoms with Crippen molar-refractivity contribution in [3.63, 3.8) is 0 Å². The second-order valence-corrected chi connectivity index (χ2v) is 1.13. The molecule has 1 N–H and O–H groups in total. The van der Waals surface area contributed by atoms with Gasteiger partial charge in [0.2, 0.25) is 0 Å². The van der Waals surface area contributed by atoms with Gasteiger partial charge in [0, 0.05) is 9.80 Å². The second kappa shape index (κ2) is 3.70. The number of hydrogen-bond donors (Lipinski definition) is 2. The molecule has 0 aliphatic heterocycles. The monoisotopic (exact) mass is 150 g/mol. The van der Waals surface area contributed by atoms with Crippen molar-refractivity contribution in [1.29, 1.82) is 0 Å². The average molecular weight is 150 g/mol. The summed E-state index contributed by atoms with van der Waals surface area (Å²) in [6.45, 7) is 0. The summed E-state index contributed by atoms with van der Waals surface area (Å²) in [4.78, 5) is 15.4. The zero-order chi connectivity index (χ0) is 7.28. The molecule has 0 bridgehead atoms. The molecule has 50 valence electrons. The van der Waals surface area contributed by atoms with Gasteiger partial charge >= 0.3 is 6.16 Å². The summed E-state index contributed by atoms with van der Waals surface area (Å²) in [7, 11) is 0. The zero-order valence-electron chi connectivity index (χ0n) is 4.00. The molecule has 0 rings (SSSR count). The molecule has 0 spiro atoms. The number of carboxylic acid groups (broad SMARTS) is 1. The van der Waals surface area contributed by atoms with E-state index in [4.69, 9.17) is 10.6 Å². The van der Waals surface area contributed by atoms with Gasteiger partial charge in [0.05, 0.1) is 12.8 Å². The van der Waals surface area contributed by atoms with Gasteiger partial charge in [-0.3, -0.25) is 0 Å². The Morgan fingerprint density at radius 3 is 2.89 bits per heavy atom. The van der Waals surface area contributed by atoms with Crippen molar-refractivity contribution in [2.24, 2.45) is 5.22 Å². The normalized spacial score (nSPS) is 7.22. The summed E-state index contributed by atoms with van der Waals surface area (Å²) in [6.07, 6.45) is -1.60. The molecular weight excluding hydrogens is 148 g/mol. The van der Waals surface area contributed by atoms with Crippen LogP contribution >= 0.6 is 12.8 Å². The minimum absolute atomic E-state index is 0.183. The van der Waals surface area contributed by atoms with E-state index in [0.29, 0.717) is 0 Å². The van der Waals surface area contributed by atoms with Crippen LogP contribution in [0.2, 0.25) is 0 Å². The Labute approximate surface area is 54.9 Å². The van der Waals surface area contributed by atoms with Crippen molar-refractivity contribution < 1.29 is 14.7 Å². The van der Waals surface area contributed by atoms with E-state index in [0.717, 1.165) is 0 Å². The predicted octanol–water partition coefficient (Wildman–Crippen LogP) is 0.968. The average Bonchev–Trinajstić information content (AvgIpc) is 1.63. The first-order chi connectivity index (χ1) is 4.16. The maximum atomic E-state index is 9.59. The minimum atomic E-state index is -1.60. The highest BCUT2D eigenvalue weighted by molar-refractivity contribution is 7.77. The fraction of sp³-hybridized carbons (Fsp3) is 0. The molecule has 0 fully saturated rings. The number of thiol groups is 1. The van der Waals surface area contributed by atoms with Crippen LogP contribution in [0.25, 0.3) is 10.4 Å². The lowest BCUT2D eigenvalue weighted by Crippen LogP contribution is -2.09. The Hall–Kier alpha value is -1.27. The minimum Gasteiger partial charge on any atom is -0.447 e. The standard InChI is InChI=1S/CH2N4O3S/c2-3-4-5(9)8-1(6)7/h9H,(H,6,7). The van der Waals surface area contributed by atoms with Gasteiger partial charge < -0.3 is 5.11 Å². The number of carbonyl (C=O) groups is 1. The fourth-order valence-corrected chi connectivity index (χ4v) is 0.228. The topological polar surface area (TPSA) is 98.5 Å². The number of nitrogens with zero attached hydrogens (tertiary/aromatic N) is 4. The zero-order valence-corrected chi connectivity index (χ0v) is 4.89. The first-order valence-electron chi connectivity index (χ1n) is 1.61. The van der Waals surface area contributed by atoms with Crippen LogP contribution in [-0.4, -0.2) is 15.8 Å². The highest BCUT2D eigenvalue weighted by Gasteiger charge is 2.04. The molecule has 9 heavy (non-hydrogen) atoms. The molecule has 0 heterocycles. The summed E-state index contributed by atoms with van der Waals surface area (Å²) in [6, 6.07) is 0. The van der Waals surface area contributed by atoms with Crippen LogP contribution in [0.15, 0.2) is 5.22 Å². The third-order valence-electron chi connectivity index (χ3n) is 0.276. The van der Waals surface area contributed by atoms with E-state index >= 15 is 0 Å². The number of hydrogen-bond acceptors (Lipinski definition) is 4. The van der Waals surface area contributed by atoms with Crippen LogP contribution in [-0.2, 0) is 4.84 Å². The van der Waals surface area contributed by atoms with E-state index in [2.05, 4.69) is 27.8 Å². The largest absolute Gasteiger partial charge is 0.550 e. The van der Waals surface area contributed by atoms with Gasteiger partial charge in [-0.25, -0.2) is 4.84 Å². The molecule has 0 aromatic heterocycles. The van der Waals surface area contributed by atoms with Crippen LogP contribution in [0, 0.1) is 0 Å². The Bertz CT molecular complexity index is 152. The van der Waals surface area contributed by atoms with Gasteiger partial charge in [0.1, 0.15) is 0 Å². The highest BCUT2D eigenvalue weighted by atomic mass is 32.1. The fourth-order valence-electron chi connectivity index (χ4n) is 0.122. The number of rotatable bonds is 2. The lowest BCUT2D eigenvalue weighted by molar-refractivity contribution is -0.0396. The maximum Gasteiger partial charge on any atom is 0.550 e. The Kier molecular flexibility index (Phi) is 3.18. The van der Waals surface area contributed by atoms with Gasteiger partial charge in [0.25, 0.3) is 0 Å². The van der Waals surface area contributed by atoms with Crippen LogP contribution in [0.5, 0.6) is 0 Å². The smallest absolute Gasteiger partial charge is 0.447 e. The molecular formula is CH2N4O3S. The Morgan fingerprint density at radius 2 is 2.56 bits per heavy atom. The van der Waals surface area contributed by atoms with Gasteiger partial charge in [-0.1, -0.05) is 0 Å². The number of azide groups is 1. The van der Waals surface area contributed by atoms with Crippen LogP contribution in [0.1, 0.15) is 0 Å². The molecule has 0 saturated heterocycles. The van der Waals surface area contributed by atoms with Crippen LogP contribution in [0.3, 0.4) is 0 Å². The molecule has 0 atom stereocenters. The summed E-state index contributed by atoms with van der Waals surface area (Å²) in [5.41, 5.74) is 7.64. The van der Waals surface area contributed by atoms with Gasteiger partial charge in [-0.2, -0.15) is 9.71 Å². The molecule has 8 heteroatoms. The summed E-state index contributed by atoms with van der Waals surface area (Å²) in [5.74, 6) is 0. The second-order valence-electron chi connectivity index (χ2n) is 0.789. The van der Waals surface area contributed by atoms with E-state index in [9.17, 15) is 4.79 Å². The van der Waals surface area contributed by atoms with Crippen molar-refractivity contribution in [3.05, 3.63) is 10.4 Å². The van der Waals surface area contributed by atoms with Gasteiger partial charge in [0.15, 0.2) is 0 Å². The van der Waals surface area contributed by atoms with E-state index in [1.54, 1.807) is 0 Å². The Balaban J connectivity index is 3.62. The van der Waals surface area contributed by atoms with E-state index in [-0.39, 0.29) is 4.58 Å². The Morgan fingerprint density at radius 1 is 2.00 bits per heavy atom. The molecule has 0 amide bonds. The van der Waals surface area contributed by atoms with E-state index < -0.39 is 6.16 Å². The quantitative estimate of drug-likeness (QED) is 0.201. The molecule has 0 radical (unpaired) electrons. The molecule has 7 nitrogen and oxygen atoms in total. The molecule has 0 aromatic rings. The highest BCUT2D eigenvalue weighted by Crippen LogP contribution is 1.94. The molecule has 0 aliphatic carbocycles. The van der Waals surface area contributed by atoms with Crippen molar-refractivity contribution >= 4 is 19.0 Å². The third kappa shape index (κ3) is 4.59. The van der Waals surface area contributed by atoms with Gasteiger partial charge in [-0.15, -0.1) is 5.53 Å². The summed E-state index contributed by atoms with van der Waals surface area (Å²) < 4.78 is 0.183. The van der Waals surface area contributed by atoms with Crippen molar-refractivity contribution in [1.82, 2.24) is 4.58 Å². The van der Waals surface area contributed by atoms with Crippen LogP contribution < -0.4 is 0 Å².